The lowest BCUT2D eigenvalue weighted by molar-refractivity contribution is -0.384. The highest BCUT2D eigenvalue weighted by molar-refractivity contribution is 5.71. The number of carbonyl (C=O) groups is 1. The highest BCUT2D eigenvalue weighted by Gasteiger charge is 2.33. The number of hydrogen-bond donors (Lipinski definition) is 2. The zero-order valence-electron chi connectivity index (χ0n) is 11.6. The standard InChI is InChI=1S/C14H17FN2O4/c1-8-5-12(13(17(20)21)6-11(8)15)16-7-9-3-2-4-10(9)14(18)19/h5-6,9-10,16H,2-4,7H2,1H3,(H,18,19). The van der Waals surface area contributed by atoms with Gasteiger partial charge < -0.3 is 10.4 Å². The van der Waals surface area contributed by atoms with Gasteiger partial charge in [0.15, 0.2) is 0 Å². The second kappa shape index (κ2) is 6.07. The number of rotatable bonds is 5. The zero-order valence-corrected chi connectivity index (χ0v) is 11.6. The number of nitrogens with zero attached hydrogens (tertiary/aromatic N) is 1. The fourth-order valence-electron chi connectivity index (χ4n) is 2.81. The van der Waals surface area contributed by atoms with Crippen LogP contribution >= 0.6 is 0 Å². The average Bonchev–Trinajstić information content (AvgIpc) is 2.88. The second-order valence-electron chi connectivity index (χ2n) is 5.39. The molecule has 1 fully saturated rings. The maximum absolute atomic E-state index is 13.4. The lowest BCUT2D eigenvalue weighted by Gasteiger charge is -2.17. The summed E-state index contributed by atoms with van der Waals surface area (Å²) in [6.07, 6.45) is 2.25. The summed E-state index contributed by atoms with van der Waals surface area (Å²) in [5.74, 6) is -1.94. The van der Waals surface area contributed by atoms with Crippen molar-refractivity contribution >= 4 is 17.3 Å². The third-order valence-electron chi connectivity index (χ3n) is 4.00. The molecule has 0 heterocycles. The maximum atomic E-state index is 13.4. The summed E-state index contributed by atoms with van der Waals surface area (Å²) in [7, 11) is 0. The van der Waals surface area contributed by atoms with Gasteiger partial charge in [-0.15, -0.1) is 0 Å². The van der Waals surface area contributed by atoms with Crippen molar-refractivity contribution in [3.05, 3.63) is 33.6 Å². The average molecular weight is 296 g/mol. The van der Waals surface area contributed by atoms with Crippen molar-refractivity contribution in [1.82, 2.24) is 0 Å². The first-order valence-electron chi connectivity index (χ1n) is 6.81. The Bertz CT molecular complexity index is 576. The Morgan fingerprint density at radius 2 is 2.24 bits per heavy atom. The van der Waals surface area contributed by atoms with Gasteiger partial charge in [-0.05, 0) is 37.3 Å². The van der Waals surface area contributed by atoms with Crippen LogP contribution in [-0.4, -0.2) is 22.5 Å². The molecule has 1 saturated carbocycles. The molecule has 0 bridgehead atoms. The van der Waals surface area contributed by atoms with Crippen molar-refractivity contribution in [2.45, 2.75) is 26.2 Å². The number of benzene rings is 1. The largest absolute Gasteiger partial charge is 0.481 e. The van der Waals surface area contributed by atoms with E-state index in [9.17, 15) is 19.3 Å². The summed E-state index contributed by atoms with van der Waals surface area (Å²) in [5, 5.41) is 23.0. The molecule has 0 spiro atoms. The van der Waals surface area contributed by atoms with Gasteiger partial charge in [-0.2, -0.15) is 0 Å². The van der Waals surface area contributed by atoms with Crippen molar-refractivity contribution in [2.24, 2.45) is 11.8 Å². The molecule has 2 rings (SSSR count). The number of nitro groups is 1. The van der Waals surface area contributed by atoms with E-state index in [0.717, 1.165) is 18.9 Å². The Kier molecular flexibility index (Phi) is 4.40. The number of carboxylic acid groups (broad SMARTS) is 1. The lowest BCUT2D eigenvalue weighted by atomic mass is 9.96. The molecule has 1 aliphatic rings. The van der Waals surface area contributed by atoms with Crippen molar-refractivity contribution in [1.29, 1.82) is 0 Å². The van der Waals surface area contributed by atoms with Gasteiger partial charge in [-0.1, -0.05) is 6.42 Å². The van der Waals surface area contributed by atoms with Crippen LogP contribution in [0.4, 0.5) is 15.8 Å². The molecule has 2 N–H and O–H groups in total. The van der Waals surface area contributed by atoms with E-state index in [0.29, 0.717) is 18.5 Å². The number of nitrogens with one attached hydrogen (secondary N) is 1. The molecule has 1 aromatic carbocycles. The minimum atomic E-state index is -0.830. The number of hydrogen-bond acceptors (Lipinski definition) is 4. The Morgan fingerprint density at radius 3 is 2.86 bits per heavy atom. The zero-order chi connectivity index (χ0) is 15.6. The van der Waals surface area contributed by atoms with E-state index in [2.05, 4.69) is 5.32 Å². The van der Waals surface area contributed by atoms with Crippen LogP contribution in [0.2, 0.25) is 0 Å². The van der Waals surface area contributed by atoms with Crippen LogP contribution in [0, 0.1) is 34.7 Å². The van der Waals surface area contributed by atoms with E-state index < -0.39 is 22.6 Å². The lowest BCUT2D eigenvalue weighted by Crippen LogP contribution is -2.24. The molecule has 114 valence electrons. The molecule has 2 unspecified atom stereocenters. The maximum Gasteiger partial charge on any atom is 0.306 e. The summed E-state index contributed by atoms with van der Waals surface area (Å²) >= 11 is 0. The SMILES string of the molecule is Cc1cc(NCC2CCCC2C(=O)O)c([N+](=O)[O-])cc1F. The normalized spacial score (nSPS) is 21.2. The van der Waals surface area contributed by atoms with Crippen LogP contribution in [-0.2, 0) is 4.79 Å². The van der Waals surface area contributed by atoms with Gasteiger partial charge in [-0.3, -0.25) is 14.9 Å². The van der Waals surface area contributed by atoms with Crippen LogP contribution in [0.5, 0.6) is 0 Å². The predicted octanol–water partition coefficient (Wildman–Crippen LogP) is 2.96. The summed E-state index contributed by atoms with van der Waals surface area (Å²) < 4.78 is 13.4. The number of halogens is 1. The van der Waals surface area contributed by atoms with E-state index in [4.69, 9.17) is 5.11 Å². The van der Waals surface area contributed by atoms with Gasteiger partial charge >= 0.3 is 5.97 Å². The Labute approximate surface area is 121 Å². The second-order valence-corrected chi connectivity index (χ2v) is 5.39. The van der Waals surface area contributed by atoms with Crippen LogP contribution in [0.3, 0.4) is 0 Å². The molecular formula is C14H17FN2O4. The number of anilines is 1. The molecule has 0 aliphatic heterocycles. The van der Waals surface area contributed by atoms with Gasteiger partial charge in [0, 0.05) is 6.54 Å². The molecule has 1 aliphatic carbocycles. The van der Waals surface area contributed by atoms with Gasteiger partial charge in [0.05, 0.1) is 16.9 Å². The Balaban J connectivity index is 2.14. The van der Waals surface area contributed by atoms with Crippen molar-refractivity contribution in [3.63, 3.8) is 0 Å². The van der Waals surface area contributed by atoms with Gasteiger partial charge in [-0.25, -0.2) is 4.39 Å². The molecule has 0 aromatic heterocycles. The number of carboxylic acids is 1. The molecule has 0 amide bonds. The van der Waals surface area contributed by atoms with Crippen LogP contribution in [0.25, 0.3) is 0 Å². The highest BCUT2D eigenvalue weighted by Crippen LogP contribution is 2.33. The molecule has 7 heteroatoms. The van der Waals surface area contributed by atoms with Crippen molar-refractivity contribution in [2.75, 3.05) is 11.9 Å². The fraction of sp³-hybridized carbons (Fsp3) is 0.500. The molecule has 21 heavy (non-hydrogen) atoms. The first kappa shape index (κ1) is 15.2. The van der Waals surface area contributed by atoms with Gasteiger partial charge in [0.1, 0.15) is 11.5 Å². The monoisotopic (exact) mass is 296 g/mol. The molecular weight excluding hydrogens is 279 g/mol. The van der Waals surface area contributed by atoms with Crippen LogP contribution in [0.15, 0.2) is 12.1 Å². The summed E-state index contributed by atoms with van der Waals surface area (Å²) in [6, 6.07) is 2.28. The number of nitro benzene ring substituents is 1. The van der Waals surface area contributed by atoms with E-state index in [1.807, 2.05) is 0 Å². The summed E-state index contributed by atoms with van der Waals surface area (Å²) in [4.78, 5) is 21.4. The predicted molar refractivity (Wildman–Crippen MR) is 74.7 cm³/mol. The minimum Gasteiger partial charge on any atom is -0.481 e. The molecule has 0 saturated heterocycles. The molecule has 0 radical (unpaired) electrons. The summed E-state index contributed by atoms with van der Waals surface area (Å²) in [5.41, 5.74) is 0.210. The summed E-state index contributed by atoms with van der Waals surface area (Å²) in [6.45, 7) is 1.86. The first-order chi connectivity index (χ1) is 9.90. The van der Waals surface area contributed by atoms with Crippen molar-refractivity contribution in [3.8, 4) is 0 Å². The number of aliphatic carboxylic acids is 1. The quantitative estimate of drug-likeness (QED) is 0.643. The van der Waals surface area contributed by atoms with E-state index >= 15 is 0 Å². The van der Waals surface area contributed by atoms with Gasteiger partial charge in [0.2, 0.25) is 0 Å². The van der Waals surface area contributed by atoms with Crippen LogP contribution in [0.1, 0.15) is 24.8 Å². The van der Waals surface area contributed by atoms with E-state index in [1.54, 1.807) is 0 Å². The van der Waals surface area contributed by atoms with E-state index in [1.165, 1.54) is 13.0 Å². The topological polar surface area (TPSA) is 92.5 Å². The van der Waals surface area contributed by atoms with Crippen LogP contribution < -0.4 is 5.32 Å². The smallest absolute Gasteiger partial charge is 0.306 e. The van der Waals surface area contributed by atoms with Gasteiger partial charge in [0.25, 0.3) is 5.69 Å². The molecule has 2 atom stereocenters. The highest BCUT2D eigenvalue weighted by atomic mass is 19.1. The Morgan fingerprint density at radius 1 is 1.52 bits per heavy atom. The fourth-order valence-corrected chi connectivity index (χ4v) is 2.81. The number of aryl methyl sites for hydroxylation is 1. The van der Waals surface area contributed by atoms with Crippen molar-refractivity contribution < 1.29 is 19.2 Å². The minimum absolute atomic E-state index is 0.0625. The third-order valence-corrected chi connectivity index (χ3v) is 4.00. The Hall–Kier alpha value is -2.18. The molecule has 1 aromatic rings. The third kappa shape index (κ3) is 3.29. The van der Waals surface area contributed by atoms with E-state index in [-0.39, 0.29) is 17.3 Å². The molecule has 6 nitrogen and oxygen atoms in total. The first-order valence-corrected chi connectivity index (χ1v) is 6.81.